The van der Waals surface area contributed by atoms with Crippen LogP contribution < -0.4 is 9.47 Å². The summed E-state index contributed by atoms with van der Waals surface area (Å²) in [4.78, 5) is 16.5. The lowest BCUT2D eigenvalue weighted by atomic mass is 9.90. The normalized spacial score (nSPS) is 15.9. The van der Waals surface area contributed by atoms with E-state index < -0.39 is 0 Å². The summed E-state index contributed by atoms with van der Waals surface area (Å²) in [5.74, 6) is 2.16. The number of aryl methyl sites for hydroxylation is 2. The molecule has 0 saturated heterocycles. The minimum atomic E-state index is -0.147. The molecule has 0 saturated carbocycles. The highest BCUT2D eigenvalue weighted by molar-refractivity contribution is 7.10. The van der Waals surface area contributed by atoms with Gasteiger partial charge in [0.2, 0.25) is 5.91 Å². The van der Waals surface area contributed by atoms with E-state index in [0.29, 0.717) is 23.8 Å². The minimum absolute atomic E-state index is 0.0678. The molecule has 0 bridgehead atoms. The van der Waals surface area contributed by atoms with Gasteiger partial charge in [0.15, 0.2) is 11.5 Å². The predicted octanol–water partition coefficient (Wildman–Crippen LogP) is 4.09. The Bertz CT molecular complexity index is 1010. The molecule has 2 aromatic heterocycles. The first-order valence-electron chi connectivity index (χ1n) is 9.53. The number of nitrogens with zero attached hydrogens (tertiary/aromatic N) is 2. The topological polar surface area (TPSA) is 64.8 Å². The van der Waals surface area contributed by atoms with Gasteiger partial charge in [-0.25, -0.2) is 0 Å². The molecule has 1 atom stereocenters. The number of ether oxygens (including phenoxy) is 2. The van der Waals surface area contributed by atoms with Crippen LogP contribution in [-0.4, -0.2) is 36.7 Å². The number of aromatic nitrogens is 1. The second kappa shape index (κ2) is 7.91. The lowest BCUT2D eigenvalue weighted by molar-refractivity contribution is -0.132. The lowest BCUT2D eigenvalue weighted by Gasteiger charge is -2.37. The summed E-state index contributed by atoms with van der Waals surface area (Å²) < 4.78 is 16.3. The molecule has 4 rings (SSSR count). The molecule has 1 amide bonds. The molecule has 0 fully saturated rings. The maximum Gasteiger partial charge on any atom is 0.228 e. The molecule has 3 aromatic rings. The molecule has 6 nitrogen and oxygen atoms in total. The van der Waals surface area contributed by atoms with Crippen molar-refractivity contribution in [2.45, 2.75) is 32.7 Å². The average molecular weight is 413 g/mol. The van der Waals surface area contributed by atoms with Crippen LogP contribution in [0, 0.1) is 13.8 Å². The third kappa shape index (κ3) is 3.51. The highest BCUT2D eigenvalue weighted by Gasteiger charge is 2.34. The van der Waals surface area contributed by atoms with Crippen LogP contribution in [0.3, 0.4) is 0 Å². The second-order valence-electron chi connectivity index (χ2n) is 7.14. The summed E-state index contributed by atoms with van der Waals surface area (Å²) in [6.45, 7) is 4.37. The highest BCUT2D eigenvalue weighted by atomic mass is 32.1. The molecule has 1 aliphatic heterocycles. The van der Waals surface area contributed by atoms with Gasteiger partial charge in [0.25, 0.3) is 0 Å². The van der Waals surface area contributed by atoms with Crippen LogP contribution in [0.15, 0.2) is 34.2 Å². The monoisotopic (exact) mass is 412 g/mol. The Balaban J connectivity index is 1.75. The Hall–Kier alpha value is -2.80. The highest BCUT2D eigenvalue weighted by Crippen LogP contribution is 2.42. The number of benzene rings is 1. The number of carbonyl (C=O) groups is 1. The van der Waals surface area contributed by atoms with Gasteiger partial charge in [-0.15, -0.1) is 11.3 Å². The van der Waals surface area contributed by atoms with Crippen LogP contribution in [0.4, 0.5) is 0 Å². The van der Waals surface area contributed by atoms with Gasteiger partial charge in [-0.05, 0) is 55.0 Å². The Morgan fingerprint density at radius 2 is 2.03 bits per heavy atom. The van der Waals surface area contributed by atoms with Gasteiger partial charge in [-0.2, -0.15) is 0 Å². The number of fused-ring (bicyclic) bond motifs is 1. The number of methoxy groups -OCH3 is 2. The van der Waals surface area contributed by atoms with Crippen LogP contribution in [-0.2, 0) is 17.6 Å². The number of amides is 1. The fourth-order valence-electron chi connectivity index (χ4n) is 3.98. The zero-order valence-corrected chi connectivity index (χ0v) is 17.8. The van der Waals surface area contributed by atoms with E-state index in [9.17, 15) is 4.79 Å². The summed E-state index contributed by atoms with van der Waals surface area (Å²) >= 11 is 1.66. The van der Waals surface area contributed by atoms with E-state index in [2.05, 4.69) is 11.2 Å². The quantitative estimate of drug-likeness (QED) is 0.632. The average Bonchev–Trinajstić information content (AvgIpc) is 3.37. The first kappa shape index (κ1) is 19.5. The molecule has 152 valence electrons. The summed E-state index contributed by atoms with van der Waals surface area (Å²) in [7, 11) is 3.27. The van der Waals surface area contributed by atoms with Crippen LogP contribution in [0.1, 0.15) is 39.1 Å². The second-order valence-corrected chi connectivity index (χ2v) is 8.12. The molecular formula is C22H24N2O4S. The first-order chi connectivity index (χ1) is 14.0. The van der Waals surface area contributed by atoms with Crippen molar-refractivity contribution in [2.24, 2.45) is 0 Å². The minimum Gasteiger partial charge on any atom is -0.493 e. The Morgan fingerprint density at radius 3 is 2.66 bits per heavy atom. The SMILES string of the molecule is COc1cc2c(cc1OC)[C@@H](c1cccs1)N(C(=O)Cc1c(C)noc1C)CC2. The number of carbonyl (C=O) groups excluding carboxylic acids is 1. The fourth-order valence-corrected chi connectivity index (χ4v) is 4.83. The van der Waals surface area contributed by atoms with Crippen molar-refractivity contribution in [3.05, 3.63) is 62.7 Å². The van der Waals surface area contributed by atoms with Crippen molar-refractivity contribution in [2.75, 3.05) is 20.8 Å². The Labute approximate surface area is 174 Å². The molecule has 1 aliphatic rings. The van der Waals surface area contributed by atoms with Gasteiger partial charge >= 0.3 is 0 Å². The van der Waals surface area contributed by atoms with Crippen LogP contribution in [0.25, 0.3) is 0 Å². The molecule has 0 radical (unpaired) electrons. The zero-order chi connectivity index (χ0) is 20.5. The zero-order valence-electron chi connectivity index (χ0n) is 17.0. The Morgan fingerprint density at radius 1 is 1.28 bits per heavy atom. The lowest BCUT2D eigenvalue weighted by Crippen LogP contribution is -2.41. The van der Waals surface area contributed by atoms with E-state index in [4.69, 9.17) is 14.0 Å². The van der Waals surface area contributed by atoms with E-state index in [1.807, 2.05) is 42.3 Å². The van der Waals surface area contributed by atoms with Crippen molar-refractivity contribution in [1.29, 1.82) is 0 Å². The summed E-state index contributed by atoms with van der Waals surface area (Å²) in [6, 6.07) is 7.99. The smallest absolute Gasteiger partial charge is 0.228 e. The molecule has 0 unspecified atom stereocenters. The molecule has 1 aromatic carbocycles. The number of hydrogen-bond donors (Lipinski definition) is 0. The van der Waals surface area contributed by atoms with Gasteiger partial charge in [0, 0.05) is 17.0 Å². The van der Waals surface area contributed by atoms with Crippen LogP contribution in [0.2, 0.25) is 0 Å². The van der Waals surface area contributed by atoms with E-state index in [1.165, 1.54) is 5.56 Å². The van der Waals surface area contributed by atoms with Gasteiger partial charge in [0.05, 0.1) is 32.4 Å². The van der Waals surface area contributed by atoms with Crippen molar-refractivity contribution in [3.63, 3.8) is 0 Å². The maximum atomic E-state index is 13.4. The number of thiophene rings is 1. The largest absolute Gasteiger partial charge is 0.493 e. The summed E-state index contributed by atoms with van der Waals surface area (Å²) in [6.07, 6.45) is 1.05. The third-order valence-corrected chi connectivity index (χ3v) is 6.44. The molecule has 0 spiro atoms. The maximum absolute atomic E-state index is 13.4. The van der Waals surface area contributed by atoms with Gasteiger partial charge in [0.1, 0.15) is 5.76 Å². The predicted molar refractivity (Wildman–Crippen MR) is 111 cm³/mol. The van der Waals surface area contributed by atoms with Crippen molar-refractivity contribution in [1.82, 2.24) is 10.1 Å². The molecular weight excluding hydrogens is 388 g/mol. The van der Waals surface area contributed by atoms with Crippen LogP contribution in [0.5, 0.6) is 11.5 Å². The van der Waals surface area contributed by atoms with Crippen molar-refractivity contribution in [3.8, 4) is 11.5 Å². The van der Waals surface area contributed by atoms with Gasteiger partial charge < -0.3 is 18.9 Å². The van der Waals surface area contributed by atoms with Gasteiger partial charge in [-0.3, -0.25) is 4.79 Å². The van der Waals surface area contributed by atoms with E-state index >= 15 is 0 Å². The Kier molecular flexibility index (Phi) is 5.32. The first-order valence-corrected chi connectivity index (χ1v) is 10.4. The number of rotatable bonds is 5. The van der Waals surface area contributed by atoms with E-state index in [0.717, 1.165) is 28.1 Å². The molecule has 0 N–H and O–H groups in total. The standard InChI is InChI=1S/C22H24N2O4S/c1-13-16(14(2)28-23-13)12-21(25)24-8-7-15-10-18(26-3)19(27-4)11-17(15)22(24)20-6-5-9-29-20/h5-6,9-11,22H,7-8,12H2,1-4H3/t22-/m0/s1. The van der Waals surface area contributed by atoms with Crippen molar-refractivity contribution >= 4 is 17.2 Å². The van der Waals surface area contributed by atoms with E-state index in [1.54, 1.807) is 25.6 Å². The molecule has 0 aliphatic carbocycles. The molecule has 3 heterocycles. The molecule has 29 heavy (non-hydrogen) atoms. The summed E-state index contributed by atoms with van der Waals surface area (Å²) in [5.41, 5.74) is 3.91. The van der Waals surface area contributed by atoms with Crippen LogP contribution >= 0.6 is 11.3 Å². The third-order valence-electron chi connectivity index (χ3n) is 5.52. The van der Waals surface area contributed by atoms with Gasteiger partial charge in [-0.1, -0.05) is 11.2 Å². The molecule has 7 heteroatoms. The van der Waals surface area contributed by atoms with Crippen molar-refractivity contribution < 1.29 is 18.8 Å². The fraction of sp³-hybridized carbons (Fsp3) is 0.364. The summed E-state index contributed by atoms with van der Waals surface area (Å²) in [5, 5.41) is 6.03. The van der Waals surface area contributed by atoms with E-state index in [-0.39, 0.29) is 18.4 Å². The number of hydrogen-bond acceptors (Lipinski definition) is 6.